The number of H-pyrrole nitrogens is 1. The van der Waals surface area contributed by atoms with Crippen molar-refractivity contribution in [3.8, 4) is 0 Å². The Morgan fingerprint density at radius 3 is 2.67 bits per heavy atom. The maximum atomic E-state index is 12.4. The molecule has 2 heterocycles. The summed E-state index contributed by atoms with van der Waals surface area (Å²) in [7, 11) is 0. The molecule has 0 saturated heterocycles. The van der Waals surface area contributed by atoms with Crippen LogP contribution in [-0.2, 0) is 4.79 Å². The van der Waals surface area contributed by atoms with Crippen LogP contribution in [0.3, 0.4) is 0 Å². The van der Waals surface area contributed by atoms with Gasteiger partial charge < -0.3 is 9.88 Å². The van der Waals surface area contributed by atoms with E-state index >= 15 is 0 Å². The van der Waals surface area contributed by atoms with Crippen molar-refractivity contribution in [2.24, 2.45) is 0 Å². The number of hydrogen-bond acceptors (Lipinski definition) is 2. The van der Waals surface area contributed by atoms with Gasteiger partial charge in [0.05, 0.1) is 11.0 Å². The average Bonchev–Trinajstić information content (AvgIpc) is 3.04. The van der Waals surface area contributed by atoms with Crippen LogP contribution in [0.15, 0.2) is 65.5 Å². The molecule has 0 saturated carbocycles. The largest absolute Gasteiger partial charge is 0.335 e. The van der Waals surface area contributed by atoms with Gasteiger partial charge in [0.25, 0.3) is 0 Å². The number of carbonyl (C=O) groups is 1. The monoisotopic (exact) mass is 359 g/mol. The molecule has 136 valence electrons. The molecule has 27 heavy (non-hydrogen) atoms. The molecule has 5 nitrogen and oxygen atoms in total. The van der Waals surface area contributed by atoms with Crippen LogP contribution in [-0.4, -0.2) is 33.4 Å². The van der Waals surface area contributed by atoms with Crippen molar-refractivity contribution in [2.75, 3.05) is 13.1 Å². The first-order valence-corrected chi connectivity index (χ1v) is 9.05. The lowest BCUT2D eigenvalue weighted by Gasteiger charge is -2.25. The summed E-state index contributed by atoms with van der Waals surface area (Å²) in [5.74, 6) is -0.0173. The lowest BCUT2D eigenvalue weighted by molar-refractivity contribution is -0.125. The summed E-state index contributed by atoms with van der Waals surface area (Å²) >= 11 is 0. The van der Waals surface area contributed by atoms with E-state index in [0.29, 0.717) is 19.5 Å². The predicted molar refractivity (Wildman–Crippen MR) is 108 cm³/mol. The van der Waals surface area contributed by atoms with E-state index in [1.54, 1.807) is 15.5 Å². The maximum absolute atomic E-state index is 12.4. The molecule has 0 spiro atoms. The van der Waals surface area contributed by atoms with Gasteiger partial charge in [0, 0.05) is 31.3 Å². The van der Waals surface area contributed by atoms with E-state index in [-0.39, 0.29) is 11.6 Å². The minimum atomic E-state index is -0.130. The first-order chi connectivity index (χ1) is 13.1. The highest BCUT2D eigenvalue weighted by Gasteiger charge is 2.19. The first-order valence-electron chi connectivity index (χ1n) is 9.05. The van der Waals surface area contributed by atoms with Crippen LogP contribution in [0, 0.1) is 6.92 Å². The zero-order valence-electron chi connectivity index (χ0n) is 15.2. The van der Waals surface area contributed by atoms with Gasteiger partial charge in [-0.3, -0.25) is 9.36 Å². The first kappa shape index (κ1) is 17.1. The van der Waals surface area contributed by atoms with E-state index in [4.69, 9.17) is 0 Å². The molecule has 4 rings (SSSR count). The number of amides is 1. The van der Waals surface area contributed by atoms with E-state index in [1.165, 1.54) is 0 Å². The Hall–Kier alpha value is -3.34. The van der Waals surface area contributed by atoms with E-state index in [9.17, 15) is 9.59 Å². The summed E-state index contributed by atoms with van der Waals surface area (Å²) in [6.07, 6.45) is 6.05. The predicted octanol–water partition coefficient (Wildman–Crippen LogP) is 3.42. The highest BCUT2D eigenvalue weighted by molar-refractivity contribution is 5.92. The lowest BCUT2D eigenvalue weighted by atomic mass is 10.1. The SMILES string of the molecule is Cc1cccc2c1[nH]c(=O)n2C1=CCN(C(=O)C=Cc2ccccc2)CC1. The molecule has 1 N–H and O–H groups in total. The molecule has 1 amide bonds. The zero-order chi connectivity index (χ0) is 18.8. The molecule has 0 aliphatic carbocycles. The van der Waals surface area contributed by atoms with Gasteiger partial charge in [0.15, 0.2) is 0 Å². The second-order valence-corrected chi connectivity index (χ2v) is 6.71. The summed E-state index contributed by atoms with van der Waals surface area (Å²) in [4.78, 5) is 29.6. The van der Waals surface area contributed by atoms with Crippen molar-refractivity contribution in [3.05, 3.63) is 82.3 Å². The number of benzene rings is 2. The van der Waals surface area contributed by atoms with Gasteiger partial charge in [0.2, 0.25) is 5.91 Å². The normalized spacial score (nSPS) is 14.7. The third-order valence-corrected chi connectivity index (χ3v) is 4.93. The standard InChI is InChI=1S/C22H21N3O2/c1-16-6-5-9-19-21(16)23-22(27)25(19)18-12-14-24(15-13-18)20(26)11-10-17-7-3-2-4-8-17/h2-12H,13-15H2,1H3,(H,23,27). The number of carbonyl (C=O) groups excluding carboxylic acids is 1. The van der Waals surface area contributed by atoms with Crippen molar-refractivity contribution in [2.45, 2.75) is 13.3 Å². The molecule has 1 aliphatic heterocycles. The van der Waals surface area contributed by atoms with Crippen LogP contribution < -0.4 is 5.69 Å². The molecule has 0 fully saturated rings. The Morgan fingerprint density at radius 2 is 1.93 bits per heavy atom. The van der Waals surface area contributed by atoms with Crippen molar-refractivity contribution >= 4 is 28.7 Å². The van der Waals surface area contributed by atoms with Crippen molar-refractivity contribution < 1.29 is 4.79 Å². The number of hydrogen-bond donors (Lipinski definition) is 1. The number of aromatic nitrogens is 2. The molecule has 1 aliphatic rings. The Bertz CT molecular complexity index is 1100. The van der Waals surface area contributed by atoms with E-state index < -0.39 is 0 Å². The number of nitrogens with one attached hydrogen (secondary N) is 1. The van der Waals surface area contributed by atoms with Gasteiger partial charge >= 0.3 is 5.69 Å². The van der Waals surface area contributed by atoms with E-state index in [0.717, 1.165) is 27.9 Å². The van der Waals surface area contributed by atoms with Gasteiger partial charge in [0.1, 0.15) is 0 Å². The fourth-order valence-corrected chi connectivity index (χ4v) is 3.46. The summed E-state index contributed by atoms with van der Waals surface area (Å²) in [6.45, 7) is 3.07. The number of imidazole rings is 1. The van der Waals surface area contributed by atoms with E-state index in [2.05, 4.69) is 4.98 Å². The number of fused-ring (bicyclic) bond motifs is 1. The Labute approximate surface area is 157 Å². The van der Waals surface area contributed by atoms with Crippen molar-refractivity contribution in [1.82, 2.24) is 14.5 Å². The Kier molecular flexibility index (Phi) is 4.50. The molecule has 0 unspecified atom stereocenters. The average molecular weight is 359 g/mol. The van der Waals surface area contributed by atoms with Crippen LogP contribution in [0.5, 0.6) is 0 Å². The molecule has 2 aromatic carbocycles. The van der Waals surface area contributed by atoms with Gasteiger partial charge in [-0.1, -0.05) is 42.5 Å². The molecular weight excluding hydrogens is 338 g/mol. The smallest absolute Gasteiger partial charge is 0.330 e. The highest BCUT2D eigenvalue weighted by Crippen LogP contribution is 2.22. The number of para-hydroxylation sites is 1. The number of nitrogens with zero attached hydrogens (tertiary/aromatic N) is 2. The summed E-state index contributed by atoms with van der Waals surface area (Å²) in [6, 6.07) is 15.6. The molecule has 0 radical (unpaired) electrons. The van der Waals surface area contributed by atoms with Crippen LogP contribution in [0.1, 0.15) is 17.5 Å². The minimum Gasteiger partial charge on any atom is -0.335 e. The maximum Gasteiger partial charge on any atom is 0.330 e. The summed E-state index contributed by atoms with van der Waals surface area (Å²) in [5.41, 5.74) is 4.60. The molecule has 0 atom stereocenters. The molecular formula is C22H21N3O2. The number of aromatic amines is 1. The van der Waals surface area contributed by atoms with E-state index in [1.807, 2.05) is 67.6 Å². The van der Waals surface area contributed by atoms with Crippen LogP contribution in [0.25, 0.3) is 22.8 Å². The molecule has 0 bridgehead atoms. The Balaban J connectivity index is 1.53. The fraction of sp³-hybridized carbons (Fsp3) is 0.182. The van der Waals surface area contributed by atoms with Gasteiger partial charge in [-0.2, -0.15) is 0 Å². The number of aryl methyl sites for hydroxylation is 1. The van der Waals surface area contributed by atoms with Crippen LogP contribution in [0.2, 0.25) is 0 Å². The third-order valence-electron chi connectivity index (χ3n) is 4.93. The second kappa shape index (κ2) is 7.11. The van der Waals surface area contributed by atoms with Gasteiger partial charge in [-0.25, -0.2) is 4.79 Å². The summed E-state index contributed by atoms with van der Waals surface area (Å²) in [5, 5.41) is 0. The fourth-order valence-electron chi connectivity index (χ4n) is 3.46. The van der Waals surface area contributed by atoms with Crippen LogP contribution in [0.4, 0.5) is 0 Å². The highest BCUT2D eigenvalue weighted by atomic mass is 16.2. The van der Waals surface area contributed by atoms with Crippen molar-refractivity contribution in [3.63, 3.8) is 0 Å². The Morgan fingerprint density at radius 1 is 1.11 bits per heavy atom. The zero-order valence-corrected chi connectivity index (χ0v) is 15.2. The van der Waals surface area contributed by atoms with Crippen LogP contribution >= 0.6 is 0 Å². The van der Waals surface area contributed by atoms with Gasteiger partial charge in [-0.15, -0.1) is 0 Å². The van der Waals surface area contributed by atoms with Crippen molar-refractivity contribution in [1.29, 1.82) is 0 Å². The summed E-state index contributed by atoms with van der Waals surface area (Å²) < 4.78 is 1.73. The third kappa shape index (κ3) is 3.36. The molecule has 3 aromatic rings. The molecule has 1 aromatic heterocycles. The second-order valence-electron chi connectivity index (χ2n) is 6.71. The molecule has 5 heteroatoms. The minimum absolute atomic E-state index is 0.0173. The topological polar surface area (TPSA) is 58.1 Å². The quantitative estimate of drug-likeness (QED) is 0.729. The number of rotatable bonds is 3. The lowest BCUT2D eigenvalue weighted by Crippen LogP contribution is -2.35. The van der Waals surface area contributed by atoms with Gasteiger partial charge in [-0.05, 0) is 36.3 Å².